The van der Waals surface area contributed by atoms with Crippen molar-refractivity contribution in [2.75, 3.05) is 25.7 Å². The first-order chi connectivity index (χ1) is 7.58. The van der Waals surface area contributed by atoms with E-state index in [1.165, 1.54) is 12.1 Å². The molecule has 1 aromatic rings. The van der Waals surface area contributed by atoms with Crippen LogP contribution in [0.25, 0.3) is 0 Å². The number of aliphatic hydroxyl groups excluding tert-OH is 1. The SMILES string of the molecule is COCC(C)N(C)c1cc(F)cc(CO)c1. The predicted molar refractivity (Wildman–Crippen MR) is 62.1 cm³/mol. The van der Waals surface area contributed by atoms with Gasteiger partial charge < -0.3 is 14.7 Å². The molecule has 0 spiro atoms. The Kier molecular flexibility index (Phi) is 4.71. The van der Waals surface area contributed by atoms with Gasteiger partial charge in [0.1, 0.15) is 5.82 Å². The molecule has 1 N–H and O–H groups in total. The first-order valence-electron chi connectivity index (χ1n) is 5.20. The van der Waals surface area contributed by atoms with Crippen LogP contribution in [0.1, 0.15) is 12.5 Å². The predicted octanol–water partition coefficient (Wildman–Crippen LogP) is 1.79. The number of aliphatic hydroxyl groups is 1. The van der Waals surface area contributed by atoms with Gasteiger partial charge in [0.05, 0.1) is 13.2 Å². The quantitative estimate of drug-likeness (QED) is 0.832. The van der Waals surface area contributed by atoms with Gasteiger partial charge in [0, 0.05) is 25.9 Å². The van der Waals surface area contributed by atoms with E-state index in [9.17, 15) is 4.39 Å². The Bertz CT molecular complexity index is 344. The molecule has 0 aliphatic rings. The molecular weight excluding hydrogens is 209 g/mol. The maximum Gasteiger partial charge on any atom is 0.125 e. The number of halogens is 1. The zero-order chi connectivity index (χ0) is 12.1. The standard InChI is InChI=1S/C12H18FNO2/c1-9(8-16-3)14(2)12-5-10(7-15)4-11(13)6-12/h4-6,9,15H,7-8H2,1-3H3. The summed E-state index contributed by atoms with van der Waals surface area (Å²) < 4.78 is 18.3. The topological polar surface area (TPSA) is 32.7 Å². The molecule has 0 aromatic heterocycles. The molecule has 1 unspecified atom stereocenters. The molecule has 90 valence electrons. The van der Waals surface area contributed by atoms with Crippen molar-refractivity contribution in [2.45, 2.75) is 19.6 Å². The lowest BCUT2D eigenvalue weighted by molar-refractivity contribution is 0.183. The smallest absolute Gasteiger partial charge is 0.125 e. The Morgan fingerprint density at radius 2 is 2.12 bits per heavy atom. The zero-order valence-electron chi connectivity index (χ0n) is 9.90. The van der Waals surface area contributed by atoms with Gasteiger partial charge in [-0.05, 0) is 30.7 Å². The average molecular weight is 227 g/mol. The molecule has 0 fully saturated rings. The van der Waals surface area contributed by atoms with Gasteiger partial charge >= 0.3 is 0 Å². The van der Waals surface area contributed by atoms with E-state index in [1.54, 1.807) is 13.2 Å². The van der Waals surface area contributed by atoms with Crippen LogP contribution >= 0.6 is 0 Å². The van der Waals surface area contributed by atoms with Crippen LogP contribution < -0.4 is 4.90 Å². The van der Waals surface area contributed by atoms with E-state index >= 15 is 0 Å². The second kappa shape index (κ2) is 5.82. The van der Waals surface area contributed by atoms with Crippen molar-refractivity contribution >= 4 is 5.69 Å². The van der Waals surface area contributed by atoms with Crippen LogP contribution in [0.5, 0.6) is 0 Å². The van der Waals surface area contributed by atoms with Crippen LogP contribution in [0.15, 0.2) is 18.2 Å². The molecule has 0 saturated carbocycles. The van der Waals surface area contributed by atoms with Gasteiger partial charge in [-0.2, -0.15) is 0 Å². The van der Waals surface area contributed by atoms with Crippen LogP contribution in [0.4, 0.5) is 10.1 Å². The van der Waals surface area contributed by atoms with E-state index < -0.39 is 0 Å². The minimum Gasteiger partial charge on any atom is -0.392 e. The molecule has 1 rings (SSSR count). The summed E-state index contributed by atoms with van der Waals surface area (Å²) in [7, 11) is 3.51. The lowest BCUT2D eigenvalue weighted by Gasteiger charge is -2.26. The van der Waals surface area contributed by atoms with Gasteiger partial charge in [-0.25, -0.2) is 4.39 Å². The summed E-state index contributed by atoms with van der Waals surface area (Å²) in [4.78, 5) is 1.92. The Morgan fingerprint density at radius 1 is 1.44 bits per heavy atom. The molecule has 16 heavy (non-hydrogen) atoms. The highest BCUT2D eigenvalue weighted by molar-refractivity contribution is 5.49. The minimum absolute atomic E-state index is 0.151. The minimum atomic E-state index is -0.335. The molecule has 0 heterocycles. The first kappa shape index (κ1) is 12.9. The Balaban J connectivity index is 2.89. The highest BCUT2D eigenvalue weighted by Gasteiger charge is 2.11. The van der Waals surface area contributed by atoms with Crippen molar-refractivity contribution in [2.24, 2.45) is 0 Å². The molecule has 1 aromatic carbocycles. The fourth-order valence-electron chi connectivity index (χ4n) is 1.54. The van der Waals surface area contributed by atoms with Crippen LogP contribution in [0.2, 0.25) is 0 Å². The number of likely N-dealkylation sites (N-methyl/N-ethyl adjacent to an activating group) is 1. The summed E-state index contributed by atoms with van der Waals surface area (Å²) in [6, 6.07) is 4.71. The summed E-state index contributed by atoms with van der Waals surface area (Å²) in [6.07, 6.45) is 0. The fourth-order valence-corrected chi connectivity index (χ4v) is 1.54. The lowest BCUT2D eigenvalue weighted by atomic mass is 10.1. The normalized spacial score (nSPS) is 12.6. The summed E-state index contributed by atoms with van der Waals surface area (Å²) in [5.74, 6) is -0.335. The molecule has 0 bridgehead atoms. The van der Waals surface area contributed by atoms with Crippen molar-refractivity contribution in [1.29, 1.82) is 0 Å². The second-order valence-corrected chi connectivity index (χ2v) is 3.89. The maximum atomic E-state index is 13.3. The number of hydrogen-bond acceptors (Lipinski definition) is 3. The summed E-state index contributed by atoms with van der Waals surface area (Å²) in [6.45, 7) is 2.41. The number of rotatable bonds is 5. The monoisotopic (exact) mass is 227 g/mol. The molecule has 3 nitrogen and oxygen atoms in total. The third-order valence-electron chi connectivity index (χ3n) is 2.60. The van der Waals surface area contributed by atoms with Crippen LogP contribution in [0.3, 0.4) is 0 Å². The second-order valence-electron chi connectivity index (χ2n) is 3.89. The number of hydrogen-bond donors (Lipinski definition) is 1. The van der Waals surface area contributed by atoms with Gasteiger partial charge in [0.25, 0.3) is 0 Å². The van der Waals surface area contributed by atoms with Gasteiger partial charge in [-0.15, -0.1) is 0 Å². The van der Waals surface area contributed by atoms with Crippen molar-refractivity contribution < 1.29 is 14.2 Å². The first-order valence-corrected chi connectivity index (χ1v) is 5.20. The van der Waals surface area contributed by atoms with E-state index in [1.807, 2.05) is 18.9 Å². The van der Waals surface area contributed by atoms with Gasteiger partial charge in [0.15, 0.2) is 0 Å². The number of benzene rings is 1. The van der Waals surface area contributed by atoms with Gasteiger partial charge in [-0.1, -0.05) is 0 Å². The third kappa shape index (κ3) is 3.18. The zero-order valence-corrected chi connectivity index (χ0v) is 9.90. The average Bonchev–Trinajstić information content (AvgIpc) is 2.27. The number of methoxy groups -OCH3 is 1. The summed E-state index contributed by atoms with van der Waals surface area (Å²) in [5.41, 5.74) is 1.32. The molecule has 1 atom stereocenters. The van der Waals surface area contributed by atoms with E-state index in [4.69, 9.17) is 9.84 Å². The molecule has 0 aliphatic carbocycles. The number of nitrogens with zero attached hydrogens (tertiary/aromatic N) is 1. The van der Waals surface area contributed by atoms with E-state index in [0.29, 0.717) is 12.2 Å². The van der Waals surface area contributed by atoms with Crippen molar-refractivity contribution in [3.05, 3.63) is 29.6 Å². The highest BCUT2D eigenvalue weighted by Crippen LogP contribution is 2.19. The summed E-state index contributed by atoms with van der Waals surface area (Å²) >= 11 is 0. The third-order valence-corrected chi connectivity index (χ3v) is 2.60. The Labute approximate surface area is 95.5 Å². The molecule has 0 radical (unpaired) electrons. The lowest BCUT2D eigenvalue weighted by Crippen LogP contribution is -2.32. The van der Waals surface area contributed by atoms with E-state index in [0.717, 1.165) is 5.69 Å². The number of anilines is 1. The van der Waals surface area contributed by atoms with Crippen molar-refractivity contribution in [1.82, 2.24) is 0 Å². The largest absolute Gasteiger partial charge is 0.392 e. The Morgan fingerprint density at radius 3 is 2.69 bits per heavy atom. The summed E-state index contributed by atoms with van der Waals surface area (Å²) in [5, 5.41) is 9.00. The van der Waals surface area contributed by atoms with Crippen LogP contribution in [0, 0.1) is 5.82 Å². The number of ether oxygens (including phenoxy) is 1. The van der Waals surface area contributed by atoms with Crippen LogP contribution in [-0.2, 0) is 11.3 Å². The van der Waals surface area contributed by atoms with Crippen LogP contribution in [-0.4, -0.2) is 31.9 Å². The fraction of sp³-hybridized carbons (Fsp3) is 0.500. The molecular formula is C12H18FNO2. The van der Waals surface area contributed by atoms with E-state index in [-0.39, 0.29) is 18.5 Å². The van der Waals surface area contributed by atoms with Crippen molar-refractivity contribution in [3.8, 4) is 0 Å². The van der Waals surface area contributed by atoms with Gasteiger partial charge in [-0.3, -0.25) is 0 Å². The van der Waals surface area contributed by atoms with Crippen molar-refractivity contribution in [3.63, 3.8) is 0 Å². The molecule has 0 saturated heterocycles. The maximum absolute atomic E-state index is 13.3. The van der Waals surface area contributed by atoms with E-state index in [2.05, 4.69) is 0 Å². The molecule has 0 aliphatic heterocycles. The molecule has 0 amide bonds. The Hall–Kier alpha value is -1.13. The van der Waals surface area contributed by atoms with Gasteiger partial charge in [0.2, 0.25) is 0 Å². The highest BCUT2D eigenvalue weighted by atomic mass is 19.1. The molecule has 4 heteroatoms.